The molecule has 0 radical (unpaired) electrons. The summed E-state index contributed by atoms with van der Waals surface area (Å²) in [6.45, 7) is 0.897. The number of nitrogens with zero attached hydrogens (tertiary/aromatic N) is 2. The molecule has 0 saturated heterocycles. The Hall–Kier alpha value is -3.93. The molecule has 3 aromatic carbocycles. The van der Waals surface area contributed by atoms with E-state index in [0.717, 1.165) is 41.8 Å². The summed E-state index contributed by atoms with van der Waals surface area (Å²) < 4.78 is 5.17. The maximum atomic E-state index is 13.2. The third-order valence-corrected chi connectivity index (χ3v) is 6.23. The van der Waals surface area contributed by atoms with Crippen LogP contribution in [0.15, 0.2) is 78.9 Å². The average Bonchev–Trinajstić information content (AvgIpc) is 2.88. The molecule has 0 saturated carbocycles. The molecule has 6 heteroatoms. The molecule has 4 rings (SSSR count). The zero-order valence-electron chi connectivity index (χ0n) is 19.2. The maximum absolute atomic E-state index is 13.2. The van der Waals surface area contributed by atoms with Gasteiger partial charge < -0.3 is 14.5 Å². The molecular weight excluding hydrogens is 428 g/mol. The number of rotatable bonds is 8. The Labute approximate surface area is 199 Å². The van der Waals surface area contributed by atoms with Gasteiger partial charge in [0.1, 0.15) is 12.3 Å². The summed E-state index contributed by atoms with van der Waals surface area (Å²) in [6, 6.07) is 25.4. The van der Waals surface area contributed by atoms with Gasteiger partial charge in [-0.1, -0.05) is 48.5 Å². The Kier molecular flexibility index (Phi) is 7.38. The molecule has 1 aliphatic carbocycles. The summed E-state index contributed by atoms with van der Waals surface area (Å²) in [4.78, 5) is 39.1. The SMILES string of the molecule is CN(CC1CCc2c(cccc2OC(=O)C=O)C1)C(=O)CN(c1ccccc1)c1ccccc1. The maximum Gasteiger partial charge on any atom is 0.376 e. The summed E-state index contributed by atoms with van der Waals surface area (Å²) in [5, 5.41) is 0. The molecule has 1 aliphatic rings. The zero-order valence-corrected chi connectivity index (χ0v) is 19.2. The zero-order chi connectivity index (χ0) is 23.9. The van der Waals surface area contributed by atoms with Gasteiger partial charge >= 0.3 is 5.97 Å². The van der Waals surface area contributed by atoms with Gasteiger partial charge in [-0.3, -0.25) is 9.59 Å². The second-order valence-corrected chi connectivity index (χ2v) is 8.57. The monoisotopic (exact) mass is 456 g/mol. The third-order valence-electron chi connectivity index (χ3n) is 6.23. The Morgan fingerprint density at radius 3 is 2.21 bits per heavy atom. The van der Waals surface area contributed by atoms with Crippen molar-refractivity contribution >= 4 is 29.5 Å². The van der Waals surface area contributed by atoms with E-state index in [-0.39, 0.29) is 18.7 Å². The Bertz CT molecular complexity index is 1110. The lowest BCUT2D eigenvalue weighted by molar-refractivity contribution is -0.141. The topological polar surface area (TPSA) is 66.9 Å². The number of benzene rings is 3. The first-order valence-corrected chi connectivity index (χ1v) is 11.4. The van der Waals surface area contributed by atoms with E-state index in [1.807, 2.05) is 89.6 Å². The van der Waals surface area contributed by atoms with Crippen molar-refractivity contribution in [3.05, 3.63) is 90.0 Å². The number of ether oxygens (including phenoxy) is 1. The van der Waals surface area contributed by atoms with Crippen LogP contribution in [0.2, 0.25) is 0 Å². The lowest BCUT2D eigenvalue weighted by atomic mass is 9.83. The first-order chi connectivity index (χ1) is 16.5. The fraction of sp³-hybridized carbons (Fsp3) is 0.250. The highest BCUT2D eigenvalue weighted by molar-refractivity contribution is 6.21. The Morgan fingerprint density at radius 2 is 1.59 bits per heavy atom. The van der Waals surface area contributed by atoms with Crippen molar-refractivity contribution in [2.45, 2.75) is 19.3 Å². The molecule has 3 aromatic rings. The molecular formula is C28H28N2O4. The molecule has 1 atom stereocenters. The summed E-state index contributed by atoms with van der Waals surface area (Å²) in [6.07, 6.45) is 2.59. The van der Waals surface area contributed by atoms with Gasteiger partial charge in [0.05, 0.1) is 0 Å². The molecule has 0 heterocycles. The molecule has 1 unspecified atom stereocenters. The smallest absolute Gasteiger partial charge is 0.376 e. The highest BCUT2D eigenvalue weighted by Gasteiger charge is 2.25. The van der Waals surface area contributed by atoms with Crippen LogP contribution in [0.25, 0.3) is 0 Å². The van der Waals surface area contributed by atoms with Crippen molar-refractivity contribution in [3.63, 3.8) is 0 Å². The number of carbonyl (C=O) groups is 3. The van der Waals surface area contributed by atoms with Crippen LogP contribution in [0.5, 0.6) is 5.75 Å². The molecule has 34 heavy (non-hydrogen) atoms. The lowest BCUT2D eigenvalue weighted by Gasteiger charge is -2.31. The minimum atomic E-state index is -0.887. The van der Waals surface area contributed by atoms with E-state index in [4.69, 9.17) is 4.74 Å². The van der Waals surface area contributed by atoms with Crippen molar-refractivity contribution in [3.8, 4) is 5.75 Å². The fourth-order valence-electron chi connectivity index (χ4n) is 4.52. The summed E-state index contributed by atoms with van der Waals surface area (Å²) in [5.41, 5.74) is 4.02. The number of para-hydroxylation sites is 2. The van der Waals surface area contributed by atoms with E-state index in [0.29, 0.717) is 18.2 Å². The fourth-order valence-corrected chi connectivity index (χ4v) is 4.52. The number of carbonyl (C=O) groups excluding carboxylic acids is 3. The molecule has 0 aliphatic heterocycles. The molecule has 1 amide bonds. The molecule has 0 bridgehead atoms. The molecule has 174 valence electrons. The predicted octanol–water partition coefficient (Wildman–Crippen LogP) is 4.19. The number of anilines is 2. The van der Waals surface area contributed by atoms with Crippen molar-refractivity contribution in [2.75, 3.05) is 25.0 Å². The molecule has 0 fully saturated rings. The number of amides is 1. The van der Waals surface area contributed by atoms with Gasteiger partial charge in [0.15, 0.2) is 0 Å². The quantitative estimate of drug-likeness (QED) is 0.220. The first kappa shape index (κ1) is 23.2. The van der Waals surface area contributed by atoms with Crippen LogP contribution in [0.4, 0.5) is 11.4 Å². The van der Waals surface area contributed by atoms with Gasteiger partial charge in [-0.15, -0.1) is 0 Å². The minimum absolute atomic E-state index is 0.0483. The van der Waals surface area contributed by atoms with Crippen molar-refractivity contribution in [1.29, 1.82) is 0 Å². The molecule has 0 N–H and O–H groups in total. The second kappa shape index (κ2) is 10.8. The minimum Gasteiger partial charge on any atom is -0.421 e. The van der Waals surface area contributed by atoms with Crippen LogP contribution in [0, 0.1) is 5.92 Å². The van der Waals surface area contributed by atoms with E-state index >= 15 is 0 Å². The normalized spacial score (nSPS) is 14.6. The van der Waals surface area contributed by atoms with E-state index in [1.165, 1.54) is 0 Å². The standard InChI is InChI=1S/C28H28N2O4/c1-29(18-21-15-16-25-22(17-21)9-8-14-26(25)34-28(33)20-31)27(32)19-30(23-10-4-2-5-11-23)24-12-6-3-7-13-24/h2-14,20-21H,15-19H2,1H3. The van der Waals surface area contributed by atoms with E-state index in [9.17, 15) is 14.4 Å². The number of aldehydes is 1. The Morgan fingerprint density at radius 1 is 0.941 bits per heavy atom. The summed E-state index contributed by atoms with van der Waals surface area (Å²) >= 11 is 0. The Balaban J connectivity index is 1.42. The van der Waals surface area contributed by atoms with Crippen molar-refractivity contribution in [2.24, 2.45) is 5.92 Å². The third kappa shape index (κ3) is 5.52. The number of hydrogen-bond donors (Lipinski definition) is 0. The van der Waals surface area contributed by atoms with Crippen LogP contribution < -0.4 is 9.64 Å². The van der Waals surface area contributed by atoms with Crippen LogP contribution in [0.1, 0.15) is 17.5 Å². The predicted molar refractivity (Wildman–Crippen MR) is 131 cm³/mol. The van der Waals surface area contributed by atoms with E-state index in [2.05, 4.69) is 0 Å². The summed E-state index contributed by atoms with van der Waals surface area (Å²) in [7, 11) is 1.86. The van der Waals surface area contributed by atoms with Crippen molar-refractivity contribution in [1.82, 2.24) is 4.90 Å². The van der Waals surface area contributed by atoms with Gasteiger partial charge in [-0.2, -0.15) is 0 Å². The number of fused-ring (bicyclic) bond motifs is 1. The molecule has 0 spiro atoms. The second-order valence-electron chi connectivity index (χ2n) is 8.57. The van der Waals surface area contributed by atoms with Crippen LogP contribution in [-0.2, 0) is 27.2 Å². The van der Waals surface area contributed by atoms with E-state index in [1.54, 1.807) is 6.07 Å². The molecule has 6 nitrogen and oxygen atoms in total. The van der Waals surface area contributed by atoms with Crippen LogP contribution in [0.3, 0.4) is 0 Å². The number of esters is 1. The van der Waals surface area contributed by atoms with E-state index < -0.39 is 5.97 Å². The highest BCUT2D eigenvalue weighted by Crippen LogP contribution is 2.33. The van der Waals surface area contributed by atoms with Gasteiger partial charge in [-0.05, 0) is 66.6 Å². The average molecular weight is 457 g/mol. The number of likely N-dealkylation sites (N-methyl/N-ethyl adjacent to an activating group) is 1. The van der Waals surface area contributed by atoms with Crippen molar-refractivity contribution < 1.29 is 19.1 Å². The lowest BCUT2D eigenvalue weighted by Crippen LogP contribution is -2.40. The van der Waals surface area contributed by atoms with Gasteiger partial charge in [0, 0.05) is 25.0 Å². The number of hydrogen-bond acceptors (Lipinski definition) is 5. The van der Waals surface area contributed by atoms with Crippen LogP contribution >= 0.6 is 0 Å². The molecule has 0 aromatic heterocycles. The van der Waals surface area contributed by atoms with Crippen LogP contribution in [-0.4, -0.2) is 43.2 Å². The van der Waals surface area contributed by atoms with Gasteiger partial charge in [0.2, 0.25) is 12.2 Å². The largest absolute Gasteiger partial charge is 0.421 e. The highest BCUT2D eigenvalue weighted by atomic mass is 16.5. The van der Waals surface area contributed by atoms with Gasteiger partial charge in [0.25, 0.3) is 0 Å². The summed E-state index contributed by atoms with van der Waals surface area (Å²) in [5.74, 6) is -0.0753. The first-order valence-electron chi connectivity index (χ1n) is 11.4. The van der Waals surface area contributed by atoms with Gasteiger partial charge in [-0.25, -0.2) is 4.79 Å².